The number of carbonyl (C=O) groups excluding carboxylic acids is 4. The number of rotatable bonds is 7. The van der Waals surface area contributed by atoms with E-state index in [2.05, 4.69) is 15.4 Å². The van der Waals surface area contributed by atoms with Crippen LogP contribution >= 0.6 is 11.6 Å². The SMILES string of the molecule is COC(=O)c1cccc(N2C(=O)C(Cl)=C(Nc3ccc(CC(=O)Nc4ccccc4C(F)(F)F)cc3)C2=O)c1. The van der Waals surface area contributed by atoms with E-state index in [9.17, 15) is 32.3 Å². The molecule has 0 atom stereocenters. The molecule has 8 nitrogen and oxygen atoms in total. The minimum absolute atomic E-state index is 0.122. The predicted octanol–water partition coefficient (Wildman–Crippen LogP) is 5.11. The van der Waals surface area contributed by atoms with Crippen molar-refractivity contribution in [1.29, 1.82) is 0 Å². The summed E-state index contributed by atoms with van der Waals surface area (Å²) in [6.45, 7) is 0. The summed E-state index contributed by atoms with van der Waals surface area (Å²) in [6, 6.07) is 16.5. The topological polar surface area (TPSA) is 105 Å². The van der Waals surface area contributed by atoms with Gasteiger partial charge in [-0.05, 0) is 48.0 Å². The zero-order valence-corrected chi connectivity index (χ0v) is 20.9. The van der Waals surface area contributed by atoms with Gasteiger partial charge in [-0.15, -0.1) is 0 Å². The summed E-state index contributed by atoms with van der Waals surface area (Å²) >= 11 is 6.15. The van der Waals surface area contributed by atoms with Crippen molar-refractivity contribution in [2.45, 2.75) is 12.6 Å². The van der Waals surface area contributed by atoms with Crippen LogP contribution in [0.15, 0.2) is 83.5 Å². The average molecular weight is 558 g/mol. The lowest BCUT2D eigenvalue weighted by atomic mass is 10.1. The maximum Gasteiger partial charge on any atom is 0.418 e. The molecule has 0 radical (unpaired) electrons. The van der Waals surface area contributed by atoms with Crippen molar-refractivity contribution in [2.75, 3.05) is 22.6 Å². The van der Waals surface area contributed by atoms with Crippen LogP contribution < -0.4 is 15.5 Å². The maximum absolute atomic E-state index is 13.2. The lowest BCUT2D eigenvalue weighted by Gasteiger charge is -2.16. The molecule has 0 fully saturated rings. The van der Waals surface area contributed by atoms with E-state index >= 15 is 0 Å². The molecule has 1 heterocycles. The van der Waals surface area contributed by atoms with Crippen molar-refractivity contribution in [3.05, 3.63) is 100 Å². The summed E-state index contributed by atoms with van der Waals surface area (Å²) in [5.74, 6) is -2.84. The summed E-state index contributed by atoms with van der Waals surface area (Å²) in [5.41, 5.74) is -0.394. The van der Waals surface area contributed by atoms with Gasteiger partial charge in [0.1, 0.15) is 10.7 Å². The molecule has 0 saturated heterocycles. The van der Waals surface area contributed by atoms with Gasteiger partial charge in [-0.3, -0.25) is 14.4 Å². The Bertz CT molecular complexity index is 1500. The molecule has 3 amide bonds. The second-order valence-corrected chi connectivity index (χ2v) is 8.64. The Hall–Kier alpha value is -4.64. The number of halogens is 4. The van der Waals surface area contributed by atoms with Crippen LogP contribution in [-0.4, -0.2) is 30.8 Å². The standard InChI is InChI=1S/C27H19ClF3N3O5/c1-39-26(38)16-5-4-6-18(14-16)34-24(36)22(28)23(25(34)37)32-17-11-9-15(10-12-17)13-21(35)33-20-8-3-2-7-19(20)27(29,30)31/h2-12,14,32H,13H2,1H3,(H,33,35). The van der Waals surface area contributed by atoms with Crippen LogP contribution in [0.25, 0.3) is 0 Å². The number of amides is 3. The van der Waals surface area contributed by atoms with Crippen LogP contribution in [0.3, 0.4) is 0 Å². The normalized spacial score (nSPS) is 13.5. The van der Waals surface area contributed by atoms with Crippen LogP contribution in [0, 0.1) is 0 Å². The molecule has 2 N–H and O–H groups in total. The molecule has 3 aromatic rings. The highest BCUT2D eigenvalue weighted by Gasteiger charge is 2.39. The van der Waals surface area contributed by atoms with E-state index in [0.717, 1.165) is 11.0 Å². The first-order chi connectivity index (χ1) is 18.5. The highest BCUT2D eigenvalue weighted by molar-refractivity contribution is 6.53. The molecule has 39 heavy (non-hydrogen) atoms. The van der Waals surface area contributed by atoms with Crippen molar-refractivity contribution in [3.63, 3.8) is 0 Å². The second-order valence-electron chi connectivity index (χ2n) is 8.27. The van der Waals surface area contributed by atoms with Crippen molar-refractivity contribution in [1.82, 2.24) is 0 Å². The Morgan fingerprint density at radius 2 is 1.64 bits per heavy atom. The first-order valence-corrected chi connectivity index (χ1v) is 11.7. The third kappa shape index (κ3) is 5.93. The number of benzene rings is 3. The Balaban J connectivity index is 1.44. The number of hydrogen-bond donors (Lipinski definition) is 2. The van der Waals surface area contributed by atoms with Crippen LogP contribution in [0.2, 0.25) is 0 Å². The van der Waals surface area contributed by atoms with Crippen LogP contribution in [-0.2, 0) is 31.7 Å². The fourth-order valence-corrected chi connectivity index (χ4v) is 4.02. The molecule has 12 heteroatoms. The molecule has 4 rings (SSSR count). The van der Waals surface area contributed by atoms with Gasteiger partial charge in [0.2, 0.25) is 5.91 Å². The number of ether oxygens (including phenoxy) is 1. The Labute approximate surface area is 225 Å². The van der Waals surface area contributed by atoms with Gasteiger partial charge >= 0.3 is 12.1 Å². The van der Waals surface area contributed by atoms with Gasteiger partial charge in [0.15, 0.2) is 0 Å². The smallest absolute Gasteiger partial charge is 0.418 e. The van der Waals surface area contributed by atoms with Crippen LogP contribution in [0.5, 0.6) is 0 Å². The van der Waals surface area contributed by atoms with Crippen molar-refractivity contribution in [3.8, 4) is 0 Å². The van der Waals surface area contributed by atoms with Gasteiger partial charge < -0.3 is 15.4 Å². The molecular formula is C27H19ClF3N3O5. The van der Waals surface area contributed by atoms with Gasteiger partial charge in [0.05, 0.1) is 36.0 Å². The van der Waals surface area contributed by atoms with Gasteiger partial charge in [-0.1, -0.05) is 41.9 Å². The number of imide groups is 1. The third-order valence-electron chi connectivity index (χ3n) is 5.65. The first-order valence-electron chi connectivity index (χ1n) is 11.3. The molecular weight excluding hydrogens is 539 g/mol. The Morgan fingerprint density at radius 1 is 0.949 bits per heavy atom. The van der Waals surface area contributed by atoms with E-state index < -0.39 is 35.4 Å². The predicted molar refractivity (Wildman–Crippen MR) is 137 cm³/mol. The fourth-order valence-electron chi connectivity index (χ4n) is 3.81. The average Bonchev–Trinajstić information content (AvgIpc) is 3.11. The maximum atomic E-state index is 13.2. The van der Waals surface area contributed by atoms with Gasteiger partial charge in [-0.25, -0.2) is 9.69 Å². The molecule has 0 aliphatic carbocycles. The number of carbonyl (C=O) groups is 4. The quantitative estimate of drug-likeness (QED) is 0.309. The fraction of sp³-hybridized carbons (Fsp3) is 0.111. The minimum atomic E-state index is -4.62. The third-order valence-corrected chi connectivity index (χ3v) is 6.00. The summed E-state index contributed by atoms with van der Waals surface area (Å²) in [6.07, 6.45) is -4.83. The number of methoxy groups -OCH3 is 1. The van der Waals surface area contributed by atoms with Crippen molar-refractivity contribution >= 4 is 52.4 Å². The number of esters is 1. The highest BCUT2D eigenvalue weighted by Crippen LogP contribution is 2.35. The number of anilines is 3. The zero-order chi connectivity index (χ0) is 28.3. The number of nitrogens with one attached hydrogen (secondary N) is 2. The molecule has 0 spiro atoms. The van der Waals surface area contributed by atoms with E-state index in [1.165, 1.54) is 73.8 Å². The molecule has 0 unspecified atom stereocenters. The molecule has 1 aliphatic rings. The molecule has 200 valence electrons. The van der Waals surface area contributed by atoms with Crippen molar-refractivity contribution < 1.29 is 37.1 Å². The Morgan fingerprint density at radius 3 is 2.31 bits per heavy atom. The first kappa shape index (κ1) is 27.4. The van der Waals surface area contributed by atoms with E-state index in [4.69, 9.17) is 11.6 Å². The van der Waals surface area contributed by atoms with E-state index in [-0.39, 0.29) is 34.1 Å². The van der Waals surface area contributed by atoms with Crippen molar-refractivity contribution in [2.24, 2.45) is 0 Å². The van der Waals surface area contributed by atoms with E-state index in [0.29, 0.717) is 11.3 Å². The van der Waals surface area contributed by atoms with E-state index in [1.54, 1.807) is 0 Å². The molecule has 0 aromatic heterocycles. The van der Waals surface area contributed by atoms with E-state index in [1.807, 2.05) is 0 Å². The van der Waals surface area contributed by atoms with Crippen LogP contribution in [0.4, 0.5) is 30.2 Å². The largest absolute Gasteiger partial charge is 0.465 e. The summed E-state index contributed by atoms with van der Waals surface area (Å²) in [5, 5.41) is 4.69. The minimum Gasteiger partial charge on any atom is -0.465 e. The highest BCUT2D eigenvalue weighted by atomic mass is 35.5. The monoisotopic (exact) mass is 557 g/mol. The van der Waals surface area contributed by atoms with Gasteiger partial charge in [-0.2, -0.15) is 13.2 Å². The lowest BCUT2D eigenvalue weighted by Crippen LogP contribution is -2.32. The zero-order valence-electron chi connectivity index (χ0n) is 20.1. The number of alkyl halides is 3. The van der Waals surface area contributed by atoms with Gasteiger partial charge in [0.25, 0.3) is 11.8 Å². The number of nitrogens with zero attached hydrogens (tertiary/aromatic N) is 1. The number of hydrogen-bond acceptors (Lipinski definition) is 6. The molecule has 0 saturated carbocycles. The summed E-state index contributed by atoms with van der Waals surface area (Å²) < 4.78 is 44.2. The summed E-state index contributed by atoms with van der Waals surface area (Å²) in [7, 11) is 1.20. The second kappa shape index (κ2) is 11.0. The molecule has 3 aromatic carbocycles. The Kier molecular flexibility index (Phi) is 7.73. The number of para-hydroxylation sites is 1. The summed E-state index contributed by atoms with van der Waals surface area (Å²) in [4.78, 5) is 50.7. The molecule has 0 bridgehead atoms. The van der Waals surface area contributed by atoms with Crippen LogP contribution in [0.1, 0.15) is 21.5 Å². The van der Waals surface area contributed by atoms with Gasteiger partial charge in [0, 0.05) is 5.69 Å². The molecule has 1 aliphatic heterocycles. The lowest BCUT2D eigenvalue weighted by molar-refractivity contribution is -0.137.